The normalized spacial score (nSPS) is 14.1. The minimum Gasteiger partial charge on any atom is -0.384 e. The molecule has 3 rings (SSSR count). The summed E-state index contributed by atoms with van der Waals surface area (Å²) in [6, 6.07) is 6.22. The van der Waals surface area contributed by atoms with Gasteiger partial charge in [0, 0.05) is 16.6 Å². The third kappa shape index (κ3) is 1.81. The molecule has 0 bridgehead atoms. The van der Waals surface area contributed by atoms with Crippen LogP contribution >= 0.6 is 0 Å². The largest absolute Gasteiger partial charge is 0.384 e. The molecule has 0 saturated heterocycles. The van der Waals surface area contributed by atoms with Gasteiger partial charge in [0.1, 0.15) is 5.84 Å². The van der Waals surface area contributed by atoms with Crippen molar-refractivity contribution in [2.45, 2.75) is 39.0 Å². The first-order valence-electron chi connectivity index (χ1n) is 6.88. The number of benzene rings is 1. The summed E-state index contributed by atoms with van der Waals surface area (Å²) in [5.41, 5.74) is 11.4. The SMILES string of the molecule is CC(C)c1cccc2c(C(=N)N)c3c(nc12)CCC3. The number of para-hydroxylation sites is 1. The van der Waals surface area contributed by atoms with E-state index in [9.17, 15) is 0 Å². The number of amidine groups is 1. The molecule has 0 atom stereocenters. The second kappa shape index (κ2) is 4.34. The number of fused-ring (bicyclic) bond motifs is 2. The molecule has 0 spiro atoms. The summed E-state index contributed by atoms with van der Waals surface area (Å²) in [5.74, 6) is 0.599. The number of pyridine rings is 1. The molecule has 0 unspecified atom stereocenters. The minimum atomic E-state index is 0.173. The van der Waals surface area contributed by atoms with Gasteiger partial charge in [-0.15, -0.1) is 0 Å². The van der Waals surface area contributed by atoms with Crippen LogP contribution in [0, 0.1) is 5.41 Å². The maximum absolute atomic E-state index is 7.91. The molecule has 1 aromatic carbocycles. The number of hydrogen-bond acceptors (Lipinski definition) is 2. The van der Waals surface area contributed by atoms with Gasteiger partial charge in [-0.2, -0.15) is 0 Å². The Morgan fingerprint density at radius 3 is 2.79 bits per heavy atom. The fourth-order valence-electron chi connectivity index (χ4n) is 3.08. The monoisotopic (exact) mass is 253 g/mol. The summed E-state index contributed by atoms with van der Waals surface area (Å²) in [7, 11) is 0. The lowest BCUT2D eigenvalue weighted by atomic mass is 9.94. The van der Waals surface area contributed by atoms with E-state index in [0.29, 0.717) is 5.92 Å². The molecule has 3 N–H and O–H groups in total. The molecule has 1 aliphatic rings. The molecule has 19 heavy (non-hydrogen) atoms. The Morgan fingerprint density at radius 2 is 2.11 bits per heavy atom. The molecule has 98 valence electrons. The quantitative estimate of drug-likeness (QED) is 0.638. The summed E-state index contributed by atoms with van der Waals surface area (Å²) in [6.07, 6.45) is 3.13. The van der Waals surface area contributed by atoms with Crippen molar-refractivity contribution in [1.82, 2.24) is 4.98 Å². The van der Waals surface area contributed by atoms with E-state index in [1.165, 1.54) is 11.1 Å². The predicted molar refractivity (Wildman–Crippen MR) is 78.9 cm³/mol. The molecule has 1 aliphatic carbocycles. The van der Waals surface area contributed by atoms with E-state index in [-0.39, 0.29) is 5.84 Å². The van der Waals surface area contributed by atoms with Crippen LogP contribution < -0.4 is 5.73 Å². The lowest BCUT2D eigenvalue weighted by Crippen LogP contribution is -2.15. The van der Waals surface area contributed by atoms with Gasteiger partial charge in [-0.25, -0.2) is 0 Å². The minimum absolute atomic E-state index is 0.173. The van der Waals surface area contributed by atoms with Crippen LogP contribution in [0.4, 0.5) is 0 Å². The first-order chi connectivity index (χ1) is 9.09. The fourth-order valence-corrected chi connectivity index (χ4v) is 3.08. The van der Waals surface area contributed by atoms with Gasteiger partial charge in [0.25, 0.3) is 0 Å². The highest BCUT2D eigenvalue weighted by Crippen LogP contribution is 2.33. The van der Waals surface area contributed by atoms with E-state index in [4.69, 9.17) is 16.1 Å². The molecular formula is C16H19N3. The third-order valence-electron chi connectivity index (χ3n) is 3.97. The van der Waals surface area contributed by atoms with Crippen molar-refractivity contribution in [2.75, 3.05) is 0 Å². The first kappa shape index (κ1) is 12.2. The maximum atomic E-state index is 7.91. The average Bonchev–Trinajstić information content (AvgIpc) is 2.81. The molecule has 3 nitrogen and oxygen atoms in total. The highest BCUT2D eigenvalue weighted by Gasteiger charge is 2.22. The van der Waals surface area contributed by atoms with Crippen LogP contribution in [0.25, 0.3) is 10.9 Å². The lowest BCUT2D eigenvalue weighted by molar-refractivity contribution is 0.869. The summed E-state index contributed by atoms with van der Waals surface area (Å²) in [6.45, 7) is 4.36. The van der Waals surface area contributed by atoms with E-state index in [1.54, 1.807) is 0 Å². The summed E-state index contributed by atoms with van der Waals surface area (Å²) in [5, 5.41) is 8.95. The van der Waals surface area contributed by atoms with Crippen molar-refractivity contribution in [3.8, 4) is 0 Å². The lowest BCUT2D eigenvalue weighted by Gasteiger charge is -2.15. The predicted octanol–water partition coefficient (Wildman–Crippen LogP) is 3.13. The molecule has 0 aliphatic heterocycles. The highest BCUT2D eigenvalue weighted by atomic mass is 14.8. The van der Waals surface area contributed by atoms with E-state index in [1.807, 2.05) is 12.1 Å². The molecule has 0 amide bonds. The van der Waals surface area contributed by atoms with Crippen molar-refractivity contribution < 1.29 is 0 Å². The second-order valence-corrected chi connectivity index (χ2v) is 5.58. The second-order valence-electron chi connectivity index (χ2n) is 5.58. The Morgan fingerprint density at radius 1 is 1.32 bits per heavy atom. The van der Waals surface area contributed by atoms with Crippen molar-refractivity contribution in [2.24, 2.45) is 5.73 Å². The van der Waals surface area contributed by atoms with Crippen molar-refractivity contribution in [3.05, 3.63) is 40.6 Å². The molecule has 0 fully saturated rings. The van der Waals surface area contributed by atoms with Crippen LogP contribution in [0.1, 0.15) is 48.6 Å². The van der Waals surface area contributed by atoms with Gasteiger partial charge >= 0.3 is 0 Å². The smallest absolute Gasteiger partial charge is 0.123 e. The van der Waals surface area contributed by atoms with Crippen molar-refractivity contribution in [1.29, 1.82) is 5.41 Å². The van der Waals surface area contributed by atoms with Gasteiger partial charge in [0.05, 0.1) is 5.52 Å². The van der Waals surface area contributed by atoms with Gasteiger partial charge in [0.15, 0.2) is 0 Å². The van der Waals surface area contributed by atoms with Gasteiger partial charge in [-0.05, 0) is 36.3 Å². The molecule has 3 heteroatoms. The van der Waals surface area contributed by atoms with Gasteiger partial charge in [-0.3, -0.25) is 10.4 Å². The molecule has 1 heterocycles. The number of aryl methyl sites for hydroxylation is 1. The Kier molecular flexibility index (Phi) is 2.77. The van der Waals surface area contributed by atoms with Crippen LogP contribution in [0.5, 0.6) is 0 Å². The van der Waals surface area contributed by atoms with Crippen LogP contribution in [0.3, 0.4) is 0 Å². The van der Waals surface area contributed by atoms with Crippen LogP contribution in [-0.2, 0) is 12.8 Å². The van der Waals surface area contributed by atoms with Crippen LogP contribution in [0.2, 0.25) is 0 Å². The van der Waals surface area contributed by atoms with Gasteiger partial charge in [0.2, 0.25) is 0 Å². The number of rotatable bonds is 2. The number of nitrogens with zero attached hydrogens (tertiary/aromatic N) is 1. The molecule has 1 aromatic heterocycles. The molecule has 0 saturated carbocycles. The maximum Gasteiger partial charge on any atom is 0.123 e. The van der Waals surface area contributed by atoms with E-state index >= 15 is 0 Å². The van der Waals surface area contributed by atoms with Crippen molar-refractivity contribution >= 4 is 16.7 Å². The molecule has 0 radical (unpaired) electrons. The number of aromatic nitrogens is 1. The Balaban J connectivity index is 2.44. The van der Waals surface area contributed by atoms with E-state index in [2.05, 4.69) is 19.9 Å². The zero-order chi connectivity index (χ0) is 13.6. The summed E-state index contributed by atoms with van der Waals surface area (Å²) < 4.78 is 0. The fraction of sp³-hybridized carbons (Fsp3) is 0.375. The average molecular weight is 253 g/mol. The number of nitrogens with two attached hydrogens (primary N) is 1. The Labute approximate surface area is 113 Å². The van der Waals surface area contributed by atoms with Crippen LogP contribution in [-0.4, -0.2) is 10.8 Å². The van der Waals surface area contributed by atoms with Gasteiger partial charge in [-0.1, -0.05) is 32.0 Å². The number of hydrogen-bond donors (Lipinski definition) is 2. The number of nitrogen functional groups attached to an aromatic ring is 1. The Bertz CT molecular complexity index is 671. The summed E-state index contributed by atoms with van der Waals surface area (Å²) in [4.78, 5) is 4.87. The zero-order valence-electron chi connectivity index (χ0n) is 11.5. The van der Waals surface area contributed by atoms with Crippen molar-refractivity contribution in [3.63, 3.8) is 0 Å². The van der Waals surface area contributed by atoms with Crippen LogP contribution in [0.15, 0.2) is 18.2 Å². The standard InChI is InChI=1S/C16H19N3/c1-9(2)10-5-3-7-12-14(16(17)18)11-6-4-8-13(11)19-15(10)12/h3,5,7,9H,4,6,8H2,1-2H3,(H3,17,18). The topological polar surface area (TPSA) is 62.8 Å². The first-order valence-corrected chi connectivity index (χ1v) is 6.88. The zero-order valence-corrected chi connectivity index (χ0v) is 11.5. The molecule has 2 aromatic rings. The summed E-state index contributed by atoms with van der Waals surface area (Å²) >= 11 is 0. The van der Waals surface area contributed by atoms with E-state index < -0.39 is 0 Å². The molecular weight excluding hydrogens is 234 g/mol. The Hall–Kier alpha value is -1.90. The van der Waals surface area contributed by atoms with E-state index in [0.717, 1.165) is 41.4 Å². The van der Waals surface area contributed by atoms with Gasteiger partial charge < -0.3 is 5.73 Å². The number of nitrogens with one attached hydrogen (secondary N) is 1. The third-order valence-corrected chi connectivity index (χ3v) is 3.97. The highest BCUT2D eigenvalue weighted by molar-refractivity contribution is 6.09.